The van der Waals surface area contributed by atoms with Gasteiger partial charge in [0.25, 0.3) is 15.9 Å². The van der Waals surface area contributed by atoms with E-state index >= 15 is 0 Å². The summed E-state index contributed by atoms with van der Waals surface area (Å²) in [4.78, 5) is 12.8. The standard InChI is InChI=1S/C23H20ClFN2O3S/c1-14-12-17-13-16(23(28)26-21-5-3-4-20(24)15(21)2)6-11-22(17)27(14)31(29,30)19-9-7-18(25)8-10-19/h3-11,13-14H,12H2,1-2H3,(H,26,28)/t14-/m0/s1. The van der Waals surface area contributed by atoms with E-state index in [1.807, 2.05) is 6.92 Å². The second-order valence-electron chi connectivity index (χ2n) is 7.52. The predicted octanol–water partition coefficient (Wildman–Crippen LogP) is 5.18. The van der Waals surface area contributed by atoms with Crippen LogP contribution in [0.2, 0.25) is 5.02 Å². The van der Waals surface area contributed by atoms with Gasteiger partial charge in [-0.1, -0.05) is 17.7 Å². The third kappa shape index (κ3) is 3.91. The molecule has 1 heterocycles. The van der Waals surface area contributed by atoms with E-state index in [1.54, 1.807) is 43.3 Å². The van der Waals surface area contributed by atoms with Crippen LogP contribution in [0, 0.1) is 12.7 Å². The van der Waals surface area contributed by atoms with Crippen molar-refractivity contribution in [2.45, 2.75) is 31.2 Å². The van der Waals surface area contributed by atoms with Crippen LogP contribution >= 0.6 is 11.6 Å². The van der Waals surface area contributed by atoms with E-state index in [0.29, 0.717) is 28.4 Å². The van der Waals surface area contributed by atoms with Gasteiger partial charge in [0.1, 0.15) is 5.82 Å². The number of fused-ring (bicyclic) bond motifs is 1. The SMILES string of the molecule is Cc1c(Cl)cccc1NC(=O)c1ccc2c(c1)C[C@H](C)N2S(=O)(=O)c1ccc(F)cc1. The number of amides is 1. The Morgan fingerprint density at radius 1 is 1.13 bits per heavy atom. The molecule has 160 valence electrons. The molecule has 31 heavy (non-hydrogen) atoms. The van der Waals surface area contributed by atoms with Crippen LogP contribution in [0.3, 0.4) is 0 Å². The quantitative estimate of drug-likeness (QED) is 0.585. The molecule has 0 radical (unpaired) electrons. The third-order valence-corrected chi connectivity index (χ3v) is 7.73. The van der Waals surface area contributed by atoms with Crippen molar-refractivity contribution in [1.82, 2.24) is 0 Å². The molecular formula is C23H20ClFN2O3S. The lowest BCUT2D eigenvalue weighted by molar-refractivity contribution is 0.102. The summed E-state index contributed by atoms with van der Waals surface area (Å²) in [7, 11) is -3.86. The normalized spacial score (nSPS) is 15.6. The minimum absolute atomic E-state index is 0.0202. The van der Waals surface area contributed by atoms with Crippen molar-refractivity contribution >= 4 is 38.9 Å². The van der Waals surface area contributed by atoms with Crippen LogP contribution in [-0.4, -0.2) is 20.4 Å². The molecule has 0 aliphatic carbocycles. The van der Waals surface area contributed by atoms with E-state index < -0.39 is 15.8 Å². The maximum absolute atomic E-state index is 13.2. The molecule has 1 aliphatic heterocycles. The smallest absolute Gasteiger partial charge is 0.264 e. The molecule has 3 aromatic rings. The Hall–Kier alpha value is -2.90. The summed E-state index contributed by atoms with van der Waals surface area (Å²) >= 11 is 6.12. The van der Waals surface area contributed by atoms with Gasteiger partial charge in [-0.15, -0.1) is 0 Å². The highest BCUT2D eigenvalue weighted by molar-refractivity contribution is 7.92. The van der Waals surface area contributed by atoms with Crippen molar-refractivity contribution in [3.05, 3.63) is 88.2 Å². The zero-order chi connectivity index (χ0) is 22.3. The van der Waals surface area contributed by atoms with E-state index in [-0.39, 0.29) is 16.8 Å². The summed E-state index contributed by atoms with van der Waals surface area (Å²) in [6.07, 6.45) is 0.465. The Morgan fingerprint density at radius 3 is 2.55 bits per heavy atom. The number of sulfonamides is 1. The highest BCUT2D eigenvalue weighted by Gasteiger charge is 2.36. The molecule has 0 unspecified atom stereocenters. The zero-order valence-electron chi connectivity index (χ0n) is 16.9. The fourth-order valence-electron chi connectivity index (χ4n) is 3.77. The van der Waals surface area contributed by atoms with Crippen molar-refractivity contribution < 1.29 is 17.6 Å². The minimum Gasteiger partial charge on any atom is -0.322 e. The number of carbonyl (C=O) groups excluding carboxylic acids is 1. The fraction of sp³-hybridized carbons (Fsp3) is 0.174. The molecule has 0 spiro atoms. The maximum atomic E-state index is 13.2. The number of anilines is 2. The number of carbonyl (C=O) groups is 1. The number of rotatable bonds is 4. The first-order valence-electron chi connectivity index (χ1n) is 9.68. The Morgan fingerprint density at radius 2 is 1.84 bits per heavy atom. The Bertz CT molecular complexity index is 1280. The number of benzene rings is 3. The Labute approximate surface area is 185 Å². The molecule has 0 bridgehead atoms. The summed E-state index contributed by atoms with van der Waals surface area (Å²) in [6.45, 7) is 3.62. The highest BCUT2D eigenvalue weighted by Crippen LogP contribution is 2.37. The van der Waals surface area contributed by atoms with Gasteiger partial charge in [0, 0.05) is 22.3 Å². The molecule has 0 saturated carbocycles. The van der Waals surface area contributed by atoms with Gasteiger partial charge in [0.2, 0.25) is 0 Å². The van der Waals surface area contributed by atoms with Crippen molar-refractivity contribution in [3.63, 3.8) is 0 Å². The molecule has 0 saturated heterocycles. The monoisotopic (exact) mass is 458 g/mol. The molecule has 8 heteroatoms. The summed E-state index contributed by atoms with van der Waals surface area (Å²) in [5.74, 6) is -0.805. The summed E-state index contributed by atoms with van der Waals surface area (Å²) in [5.41, 5.74) is 3.09. The van der Waals surface area contributed by atoms with Crippen molar-refractivity contribution in [2.24, 2.45) is 0 Å². The summed E-state index contributed by atoms with van der Waals surface area (Å²) in [6, 6.07) is 14.6. The molecule has 3 aromatic carbocycles. The highest BCUT2D eigenvalue weighted by atomic mass is 35.5. The first-order chi connectivity index (χ1) is 14.7. The molecule has 1 atom stereocenters. The molecule has 5 nitrogen and oxygen atoms in total. The van der Waals surface area contributed by atoms with Crippen LogP contribution in [0.4, 0.5) is 15.8 Å². The van der Waals surface area contributed by atoms with Crippen molar-refractivity contribution in [2.75, 3.05) is 9.62 Å². The number of nitrogens with one attached hydrogen (secondary N) is 1. The van der Waals surface area contributed by atoms with Gasteiger partial charge in [-0.2, -0.15) is 0 Å². The average molecular weight is 459 g/mol. The third-order valence-electron chi connectivity index (χ3n) is 5.38. The van der Waals surface area contributed by atoms with Gasteiger partial charge >= 0.3 is 0 Å². The van der Waals surface area contributed by atoms with Gasteiger partial charge in [-0.05, 0) is 86.0 Å². The second kappa shape index (κ2) is 7.98. The lowest BCUT2D eigenvalue weighted by Gasteiger charge is -2.24. The number of nitrogens with zero attached hydrogens (tertiary/aromatic N) is 1. The Balaban J connectivity index is 1.64. The van der Waals surface area contributed by atoms with Gasteiger partial charge in [0.15, 0.2) is 0 Å². The molecule has 1 aliphatic rings. The largest absolute Gasteiger partial charge is 0.322 e. The second-order valence-corrected chi connectivity index (χ2v) is 9.74. The summed E-state index contributed by atoms with van der Waals surface area (Å²) < 4.78 is 40.9. The number of halogens is 2. The molecule has 1 amide bonds. The van der Waals surface area contributed by atoms with Gasteiger partial charge in [-0.25, -0.2) is 12.8 Å². The van der Waals surface area contributed by atoms with Crippen LogP contribution < -0.4 is 9.62 Å². The Kier molecular flexibility index (Phi) is 5.49. The van der Waals surface area contributed by atoms with Crippen LogP contribution in [0.1, 0.15) is 28.4 Å². The minimum atomic E-state index is -3.86. The molecule has 4 rings (SSSR count). The molecule has 0 fully saturated rings. The van der Waals surface area contributed by atoms with Crippen LogP contribution in [0.5, 0.6) is 0 Å². The van der Waals surface area contributed by atoms with E-state index in [4.69, 9.17) is 11.6 Å². The fourth-order valence-corrected chi connectivity index (χ4v) is 5.63. The lowest BCUT2D eigenvalue weighted by atomic mass is 10.1. The maximum Gasteiger partial charge on any atom is 0.264 e. The van der Waals surface area contributed by atoms with E-state index in [9.17, 15) is 17.6 Å². The molecular weight excluding hydrogens is 439 g/mol. The number of hydrogen-bond acceptors (Lipinski definition) is 3. The van der Waals surface area contributed by atoms with E-state index in [0.717, 1.165) is 23.3 Å². The van der Waals surface area contributed by atoms with Gasteiger partial charge in [0.05, 0.1) is 10.6 Å². The molecule has 1 N–H and O–H groups in total. The number of hydrogen-bond donors (Lipinski definition) is 1. The average Bonchev–Trinajstić information content (AvgIpc) is 3.07. The van der Waals surface area contributed by atoms with Gasteiger partial charge < -0.3 is 5.32 Å². The summed E-state index contributed by atoms with van der Waals surface area (Å²) in [5, 5.41) is 3.41. The van der Waals surface area contributed by atoms with Gasteiger partial charge in [-0.3, -0.25) is 9.10 Å². The van der Waals surface area contributed by atoms with Crippen LogP contribution in [0.25, 0.3) is 0 Å². The van der Waals surface area contributed by atoms with Crippen LogP contribution in [-0.2, 0) is 16.4 Å². The van der Waals surface area contributed by atoms with E-state index in [1.165, 1.54) is 16.4 Å². The van der Waals surface area contributed by atoms with Crippen molar-refractivity contribution in [3.8, 4) is 0 Å². The van der Waals surface area contributed by atoms with Crippen molar-refractivity contribution in [1.29, 1.82) is 0 Å². The molecule has 0 aromatic heterocycles. The zero-order valence-corrected chi connectivity index (χ0v) is 18.5. The predicted molar refractivity (Wildman–Crippen MR) is 120 cm³/mol. The first kappa shape index (κ1) is 21.3. The first-order valence-corrected chi connectivity index (χ1v) is 11.5. The van der Waals surface area contributed by atoms with E-state index in [2.05, 4.69) is 5.32 Å². The van der Waals surface area contributed by atoms with Crippen LogP contribution in [0.15, 0.2) is 65.6 Å². The lowest BCUT2D eigenvalue weighted by Crippen LogP contribution is -2.35. The topological polar surface area (TPSA) is 66.5 Å².